The Morgan fingerprint density at radius 2 is 1.88 bits per heavy atom. The van der Waals surface area contributed by atoms with Gasteiger partial charge in [0, 0.05) is 5.41 Å². The second kappa shape index (κ2) is 5.01. The third-order valence-electron chi connectivity index (χ3n) is 3.01. The lowest BCUT2D eigenvalue weighted by molar-refractivity contribution is -0.127. The number of carbonyl (C=O) groups is 1. The molecule has 2 N–H and O–H groups in total. The molecule has 0 saturated carbocycles. The van der Waals surface area contributed by atoms with E-state index in [9.17, 15) is 4.79 Å². The minimum atomic E-state index is -0.406. The van der Waals surface area contributed by atoms with Crippen LogP contribution in [0.15, 0.2) is 18.2 Å². The van der Waals surface area contributed by atoms with Crippen molar-refractivity contribution in [3.63, 3.8) is 0 Å². The van der Waals surface area contributed by atoms with E-state index in [0.29, 0.717) is 6.42 Å². The van der Waals surface area contributed by atoms with Crippen LogP contribution in [0.25, 0.3) is 0 Å². The molecule has 1 aromatic rings. The molecule has 0 aliphatic rings. The fourth-order valence-corrected chi connectivity index (χ4v) is 1.96. The topological polar surface area (TPSA) is 43.1 Å². The Kier molecular flexibility index (Phi) is 4.10. The van der Waals surface area contributed by atoms with Crippen molar-refractivity contribution in [1.29, 1.82) is 0 Å². The van der Waals surface area contributed by atoms with Crippen molar-refractivity contribution in [2.75, 3.05) is 0 Å². The van der Waals surface area contributed by atoms with Crippen LogP contribution in [-0.2, 0) is 11.2 Å². The van der Waals surface area contributed by atoms with E-state index < -0.39 is 6.04 Å². The highest BCUT2D eigenvalue weighted by molar-refractivity contribution is 5.88. The van der Waals surface area contributed by atoms with Gasteiger partial charge in [-0.1, -0.05) is 44.5 Å². The SMILES string of the molecule is Cc1ccc(CC(N)C(=O)C(C)(C)C)c(C)c1. The number of hydrogen-bond donors (Lipinski definition) is 1. The summed E-state index contributed by atoms with van der Waals surface area (Å²) in [6, 6.07) is 5.86. The molecule has 0 saturated heterocycles. The van der Waals surface area contributed by atoms with Gasteiger partial charge in [-0.3, -0.25) is 4.79 Å². The third-order valence-corrected chi connectivity index (χ3v) is 3.01. The smallest absolute Gasteiger partial charge is 0.155 e. The first-order chi connectivity index (χ1) is 7.71. The van der Waals surface area contributed by atoms with Crippen molar-refractivity contribution >= 4 is 5.78 Å². The van der Waals surface area contributed by atoms with Gasteiger partial charge in [0.15, 0.2) is 5.78 Å². The van der Waals surface area contributed by atoms with Crippen molar-refractivity contribution in [1.82, 2.24) is 0 Å². The number of ketones is 1. The van der Waals surface area contributed by atoms with Gasteiger partial charge < -0.3 is 5.73 Å². The molecule has 0 fully saturated rings. The second-order valence-electron chi connectivity index (χ2n) is 5.85. The average Bonchev–Trinajstić information content (AvgIpc) is 2.19. The molecule has 1 rings (SSSR count). The number of nitrogens with two attached hydrogens (primary N) is 1. The van der Waals surface area contributed by atoms with Gasteiger partial charge in [0.1, 0.15) is 0 Å². The first-order valence-corrected chi connectivity index (χ1v) is 6.08. The van der Waals surface area contributed by atoms with Crippen molar-refractivity contribution in [2.45, 2.75) is 47.1 Å². The Bertz CT molecular complexity index is 415. The van der Waals surface area contributed by atoms with E-state index >= 15 is 0 Å². The monoisotopic (exact) mass is 233 g/mol. The quantitative estimate of drug-likeness (QED) is 0.872. The largest absolute Gasteiger partial charge is 0.321 e. The van der Waals surface area contributed by atoms with Crippen LogP contribution in [0.2, 0.25) is 0 Å². The molecule has 17 heavy (non-hydrogen) atoms. The summed E-state index contributed by atoms with van der Waals surface area (Å²) in [5.41, 5.74) is 9.25. The molecule has 0 aliphatic heterocycles. The van der Waals surface area contributed by atoms with E-state index in [0.717, 1.165) is 0 Å². The average molecular weight is 233 g/mol. The minimum Gasteiger partial charge on any atom is -0.321 e. The fourth-order valence-electron chi connectivity index (χ4n) is 1.96. The Morgan fingerprint density at radius 1 is 1.29 bits per heavy atom. The van der Waals surface area contributed by atoms with Crippen LogP contribution in [0.1, 0.15) is 37.5 Å². The first kappa shape index (κ1) is 13.9. The summed E-state index contributed by atoms with van der Waals surface area (Å²) in [5, 5.41) is 0. The predicted octanol–water partition coefficient (Wildman–Crippen LogP) is 2.79. The molecule has 2 nitrogen and oxygen atoms in total. The lowest BCUT2D eigenvalue weighted by Crippen LogP contribution is -2.40. The van der Waals surface area contributed by atoms with Gasteiger partial charge in [-0.15, -0.1) is 0 Å². The van der Waals surface area contributed by atoms with Crippen LogP contribution in [-0.4, -0.2) is 11.8 Å². The van der Waals surface area contributed by atoms with E-state index in [-0.39, 0.29) is 11.2 Å². The van der Waals surface area contributed by atoms with Gasteiger partial charge in [0.2, 0.25) is 0 Å². The van der Waals surface area contributed by atoms with Gasteiger partial charge in [0.25, 0.3) is 0 Å². The zero-order valence-corrected chi connectivity index (χ0v) is 11.5. The highest BCUT2D eigenvalue weighted by atomic mass is 16.1. The van der Waals surface area contributed by atoms with Crippen LogP contribution >= 0.6 is 0 Å². The maximum absolute atomic E-state index is 12.0. The Morgan fingerprint density at radius 3 is 2.35 bits per heavy atom. The van der Waals surface area contributed by atoms with Gasteiger partial charge in [-0.2, -0.15) is 0 Å². The molecule has 94 valence electrons. The molecule has 0 bridgehead atoms. The van der Waals surface area contributed by atoms with Crippen molar-refractivity contribution in [3.8, 4) is 0 Å². The number of carbonyl (C=O) groups excluding carboxylic acids is 1. The second-order valence-corrected chi connectivity index (χ2v) is 5.85. The van der Waals surface area contributed by atoms with Crippen molar-refractivity contribution in [3.05, 3.63) is 34.9 Å². The lowest BCUT2D eigenvalue weighted by Gasteiger charge is -2.22. The van der Waals surface area contributed by atoms with E-state index in [1.165, 1.54) is 16.7 Å². The number of benzene rings is 1. The zero-order chi connectivity index (χ0) is 13.2. The summed E-state index contributed by atoms with van der Waals surface area (Å²) < 4.78 is 0. The maximum atomic E-state index is 12.0. The van der Waals surface area contributed by atoms with E-state index in [1.807, 2.05) is 20.8 Å². The molecule has 0 amide bonds. The number of Topliss-reactive ketones (excluding diaryl/α,β-unsaturated/α-hetero) is 1. The van der Waals surface area contributed by atoms with Crippen molar-refractivity contribution in [2.24, 2.45) is 11.1 Å². The van der Waals surface area contributed by atoms with Crippen LogP contribution in [0.4, 0.5) is 0 Å². The molecule has 1 aromatic carbocycles. The summed E-state index contributed by atoms with van der Waals surface area (Å²) >= 11 is 0. The maximum Gasteiger partial charge on any atom is 0.155 e. The molecule has 1 atom stereocenters. The van der Waals surface area contributed by atoms with Crippen LogP contribution in [0, 0.1) is 19.3 Å². The van der Waals surface area contributed by atoms with E-state index in [1.54, 1.807) is 0 Å². The summed E-state index contributed by atoms with van der Waals surface area (Å²) in [4.78, 5) is 12.0. The van der Waals surface area contributed by atoms with Gasteiger partial charge in [-0.25, -0.2) is 0 Å². The Labute approximate surface area is 104 Å². The number of aryl methyl sites for hydroxylation is 2. The minimum absolute atomic E-state index is 0.123. The Hall–Kier alpha value is -1.15. The summed E-state index contributed by atoms with van der Waals surface area (Å²) in [5.74, 6) is 0.123. The first-order valence-electron chi connectivity index (χ1n) is 6.08. The highest BCUT2D eigenvalue weighted by Gasteiger charge is 2.27. The number of hydrogen-bond acceptors (Lipinski definition) is 2. The van der Waals surface area contributed by atoms with Crippen molar-refractivity contribution < 1.29 is 4.79 Å². The Balaban J connectivity index is 2.81. The van der Waals surface area contributed by atoms with Gasteiger partial charge in [0.05, 0.1) is 6.04 Å². The molecule has 1 unspecified atom stereocenters. The standard InChI is InChI=1S/C15H23NO/c1-10-6-7-12(11(2)8-10)9-13(16)14(17)15(3,4)5/h6-8,13H,9,16H2,1-5H3. The molecular formula is C15H23NO. The summed E-state index contributed by atoms with van der Waals surface area (Å²) in [7, 11) is 0. The molecule has 0 spiro atoms. The normalized spacial score (nSPS) is 13.5. The molecule has 0 heterocycles. The molecular weight excluding hydrogens is 210 g/mol. The van der Waals surface area contributed by atoms with Gasteiger partial charge in [-0.05, 0) is 31.4 Å². The fraction of sp³-hybridized carbons (Fsp3) is 0.533. The molecule has 0 aliphatic carbocycles. The molecule has 2 heteroatoms. The van der Waals surface area contributed by atoms with Crippen LogP contribution in [0.3, 0.4) is 0 Å². The van der Waals surface area contributed by atoms with E-state index in [2.05, 4.69) is 32.0 Å². The highest BCUT2D eigenvalue weighted by Crippen LogP contribution is 2.19. The lowest BCUT2D eigenvalue weighted by atomic mass is 9.84. The number of rotatable bonds is 3. The zero-order valence-electron chi connectivity index (χ0n) is 11.5. The molecule has 0 aromatic heterocycles. The summed E-state index contributed by atoms with van der Waals surface area (Å²) in [6.45, 7) is 9.87. The predicted molar refractivity (Wildman–Crippen MR) is 72.1 cm³/mol. The van der Waals surface area contributed by atoms with Crippen LogP contribution < -0.4 is 5.73 Å². The summed E-state index contributed by atoms with van der Waals surface area (Å²) in [6.07, 6.45) is 0.627. The molecule has 0 radical (unpaired) electrons. The third kappa shape index (κ3) is 3.67. The van der Waals surface area contributed by atoms with Gasteiger partial charge >= 0.3 is 0 Å². The van der Waals surface area contributed by atoms with Crippen LogP contribution in [0.5, 0.6) is 0 Å². The van der Waals surface area contributed by atoms with E-state index in [4.69, 9.17) is 5.73 Å².